The van der Waals surface area contributed by atoms with Crippen molar-refractivity contribution >= 4 is 34.3 Å². The minimum atomic E-state index is 0.871. The van der Waals surface area contributed by atoms with Gasteiger partial charge in [0.2, 0.25) is 0 Å². The van der Waals surface area contributed by atoms with Crippen LogP contribution in [0.4, 0.5) is 0 Å². The maximum atomic E-state index is 5.91. The van der Waals surface area contributed by atoms with Gasteiger partial charge < -0.3 is 0 Å². The van der Waals surface area contributed by atoms with Crippen LogP contribution in [0.15, 0.2) is 23.6 Å². The van der Waals surface area contributed by atoms with Crippen molar-refractivity contribution in [2.75, 3.05) is 7.05 Å². The predicted octanol–water partition coefficient (Wildman–Crippen LogP) is 4.40. The SMILES string of the molecule is Cc1ccsc1CN(C)Cc1ccc(Cl)s1. The van der Waals surface area contributed by atoms with Crippen molar-refractivity contribution in [2.45, 2.75) is 20.0 Å². The quantitative estimate of drug-likeness (QED) is 0.797. The van der Waals surface area contributed by atoms with Crippen molar-refractivity contribution in [3.63, 3.8) is 0 Å². The van der Waals surface area contributed by atoms with Gasteiger partial charge in [-0.3, -0.25) is 4.90 Å². The third-order valence-electron chi connectivity index (χ3n) is 2.44. The Bertz CT molecular complexity index is 461. The Kier molecular flexibility index (Phi) is 4.03. The van der Waals surface area contributed by atoms with E-state index in [0.29, 0.717) is 0 Å². The van der Waals surface area contributed by atoms with Crippen molar-refractivity contribution in [1.82, 2.24) is 4.90 Å². The fourth-order valence-electron chi connectivity index (χ4n) is 1.57. The smallest absolute Gasteiger partial charge is 0.0931 e. The molecule has 2 aromatic heterocycles. The molecular formula is C12H14ClNS2. The fraction of sp³-hybridized carbons (Fsp3) is 0.333. The van der Waals surface area contributed by atoms with Gasteiger partial charge in [-0.15, -0.1) is 22.7 Å². The van der Waals surface area contributed by atoms with Crippen LogP contribution >= 0.6 is 34.3 Å². The third-order valence-corrected chi connectivity index (χ3v) is 4.66. The zero-order valence-corrected chi connectivity index (χ0v) is 11.8. The number of aryl methyl sites for hydroxylation is 1. The number of halogens is 1. The molecule has 2 rings (SSSR count). The van der Waals surface area contributed by atoms with Crippen LogP contribution in [0.3, 0.4) is 0 Å². The van der Waals surface area contributed by atoms with Gasteiger partial charge >= 0.3 is 0 Å². The highest BCUT2D eigenvalue weighted by atomic mass is 35.5. The summed E-state index contributed by atoms with van der Waals surface area (Å²) in [5, 5.41) is 2.15. The minimum Gasteiger partial charge on any atom is -0.296 e. The lowest BCUT2D eigenvalue weighted by Gasteiger charge is -2.14. The summed E-state index contributed by atoms with van der Waals surface area (Å²) >= 11 is 9.40. The molecule has 0 aliphatic heterocycles. The summed E-state index contributed by atoms with van der Waals surface area (Å²) < 4.78 is 0.871. The summed E-state index contributed by atoms with van der Waals surface area (Å²) in [4.78, 5) is 5.09. The molecule has 86 valence electrons. The van der Waals surface area contributed by atoms with Gasteiger partial charge in [0.15, 0.2) is 0 Å². The van der Waals surface area contributed by atoms with E-state index in [1.807, 2.05) is 17.4 Å². The Hall–Kier alpha value is -0.350. The maximum Gasteiger partial charge on any atom is 0.0931 e. The highest BCUT2D eigenvalue weighted by Crippen LogP contribution is 2.24. The lowest BCUT2D eigenvalue weighted by Crippen LogP contribution is -2.16. The summed E-state index contributed by atoms with van der Waals surface area (Å²) in [6.07, 6.45) is 0. The van der Waals surface area contributed by atoms with Crippen LogP contribution in [-0.4, -0.2) is 11.9 Å². The van der Waals surface area contributed by atoms with Gasteiger partial charge in [0, 0.05) is 22.8 Å². The molecule has 2 aromatic rings. The van der Waals surface area contributed by atoms with Gasteiger partial charge in [-0.1, -0.05) is 11.6 Å². The van der Waals surface area contributed by atoms with Crippen LogP contribution in [0.25, 0.3) is 0 Å². The first-order valence-corrected chi connectivity index (χ1v) is 7.18. The highest BCUT2D eigenvalue weighted by molar-refractivity contribution is 7.16. The monoisotopic (exact) mass is 271 g/mol. The molecule has 0 atom stereocenters. The summed E-state index contributed by atoms with van der Waals surface area (Å²) in [6, 6.07) is 6.24. The molecule has 0 aliphatic rings. The Morgan fingerprint density at radius 2 is 2.06 bits per heavy atom. The van der Waals surface area contributed by atoms with Gasteiger partial charge in [-0.2, -0.15) is 0 Å². The third kappa shape index (κ3) is 3.08. The van der Waals surface area contributed by atoms with Gasteiger partial charge in [0.1, 0.15) is 0 Å². The fourth-order valence-corrected chi connectivity index (χ4v) is 3.72. The number of thiophene rings is 2. The molecule has 0 spiro atoms. The van der Waals surface area contributed by atoms with E-state index < -0.39 is 0 Å². The minimum absolute atomic E-state index is 0.871. The standard InChI is InChI=1S/C12H14ClNS2/c1-9-5-6-15-11(9)8-14(2)7-10-3-4-12(13)16-10/h3-6H,7-8H2,1-2H3. The van der Waals surface area contributed by atoms with Gasteiger partial charge in [-0.25, -0.2) is 0 Å². The van der Waals surface area contributed by atoms with E-state index in [1.54, 1.807) is 11.3 Å². The molecule has 0 fully saturated rings. The Morgan fingerprint density at radius 3 is 2.62 bits per heavy atom. The molecule has 0 saturated heterocycles. The van der Waals surface area contributed by atoms with Crippen molar-refractivity contribution < 1.29 is 0 Å². The summed E-state index contributed by atoms with van der Waals surface area (Å²) in [5.41, 5.74) is 1.39. The molecule has 0 saturated carbocycles. The van der Waals surface area contributed by atoms with Crippen LogP contribution in [0.2, 0.25) is 4.34 Å². The molecule has 0 aliphatic carbocycles. The molecular weight excluding hydrogens is 258 g/mol. The van der Waals surface area contributed by atoms with E-state index in [2.05, 4.69) is 36.4 Å². The number of hydrogen-bond acceptors (Lipinski definition) is 3. The first-order valence-electron chi connectivity index (χ1n) is 5.11. The molecule has 0 N–H and O–H groups in total. The Morgan fingerprint density at radius 1 is 1.25 bits per heavy atom. The van der Waals surface area contributed by atoms with Crippen LogP contribution < -0.4 is 0 Å². The molecule has 16 heavy (non-hydrogen) atoms. The van der Waals surface area contributed by atoms with Gasteiger partial charge in [-0.05, 0) is 43.1 Å². The number of hydrogen-bond donors (Lipinski definition) is 0. The number of nitrogens with zero attached hydrogens (tertiary/aromatic N) is 1. The molecule has 2 heterocycles. The van der Waals surface area contributed by atoms with E-state index in [0.717, 1.165) is 17.4 Å². The molecule has 4 heteroatoms. The van der Waals surface area contributed by atoms with Crippen molar-refractivity contribution in [3.05, 3.63) is 43.2 Å². The average Bonchev–Trinajstić information content (AvgIpc) is 2.77. The van der Waals surface area contributed by atoms with Crippen LogP contribution in [-0.2, 0) is 13.1 Å². The van der Waals surface area contributed by atoms with Crippen molar-refractivity contribution in [3.8, 4) is 0 Å². The second kappa shape index (κ2) is 5.32. The van der Waals surface area contributed by atoms with Crippen molar-refractivity contribution in [2.24, 2.45) is 0 Å². The maximum absolute atomic E-state index is 5.91. The zero-order valence-electron chi connectivity index (χ0n) is 9.37. The van der Waals surface area contributed by atoms with Crippen LogP contribution in [0.1, 0.15) is 15.3 Å². The highest BCUT2D eigenvalue weighted by Gasteiger charge is 2.06. The zero-order chi connectivity index (χ0) is 11.5. The first-order chi connectivity index (χ1) is 7.65. The summed E-state index contributed by atoms with van der Waals surface area (Å²) in [6.45, 7) is 4.15. The predicted molar refractivity (Wildman–Crippen MR) is 73.6 cm³/mol. The topological polar surface area (TPSA) is 3.24 Å². The van der Waals surface area contributed by atoms with Crippen LogP contribution in [0.5, 0.6) is 0 Å². The molecule has 0 unspecified atom stereocenters. The van der Waals surface area contributed by atoms with Crippen LogP contribution in [0, 0.1) is 6.92 Å². The van der Waals surface area contributed by atoms with Gasteiger partial charge in [0.25, 0.3) is 0 Å². The van der Waals surface area contributed by atoms with E-state index in [1.165, 1.54) is 15.3 Å². The normalized spacial score (nSPS) is 11.2. The molecule has 0 aromatic carbocycles. The van der Waals surface area contributed by atoms with E-state index >= 15 is 0 Å². The van der Waals surface area contributed by atoms with E-state index in [-0.39, 0.29) is 0 Å². The first kappa shape index (κ1) is 12.1. The lowest BCUT2D eigenvalue weighted by atomic mass is 10.3. The summed E-state index contributed by atoms with van der Waals surface area (Å²) in [5.74, 6) is 0. The molecule has 0 bridgehead atoms. The molecule has 1 nitrogen and oxygen atoms in total. The van der Waals surface area contributed by atoms with Crippen molar-refractivity contribution in [1.29, 1.82) is 0 Å². The van der Waals surface area contributed by atoms with Gasteiger partial charge in [0.05, 0.1) is 4.34 Å². The summed E-state index contributed by atoms with van der Waals surface area (Å²) in [7, 11) is 2.15. The Labute approximate surface area is 109 Å². The second-order valence-electron chi connectivity index (χ2n) is 3.90. The largest absolute Gasteiger partial charge is 0.296 e. The lowest BCUT2D eigenvalue weighted by molar-refractivity contribution is 0.324. The number of rotatable bonds is 4. The second-order valence-corrected chi connectivity index (χ2v) is 6.71. The molecule has 0 amide bonds. The molecule has 0 radical (unpaired) electrons. The average molecular weight is 272 g/mol. The van der Waals surface area contributed by atoms with E-state index in [9.17, 15) is 0 Å². The Balaban J connectivity index is 1.94. The van der Waals surface area contributed by atoms with E-state index in [4.69, 9.17) is 11.6 Å².